The molecular formula is C53H77ClN12O10S2. The molecule has 1 aromatic heterocycles. The number of aromatic amines is 1. The fourth-order valence-corrected chi connectivity index (χ4v) is 10.4. The Hall–Kier alpha value is -6.57. The molecule has 8 atom stereocenters. The number of carbonyl (C=O) groups is 8. The van der Waals surface area contributed by atoms with E-state index in [0.717, 1.165) is 43.7 Å². The van der Waals surface area contributed by atoms with Gasteiger partial charge in [-0.2, -0.15) is 0 Å². The van der Waals surface area contributed by atoms with Gasteiger partial charge in [-0.15, -0.1) is 0 Å². The van der Waals surface area contributed by atoms with Crippen LogP contribution in [0.15, 0.2) is 66.9 Å². The van der Waals surface area contributed by atoms with Gasteiger partial charge < -0.3 is 75.3 Å². The monoisotopic (exact) mass is 1140 g/mol. The highest BCUT2D eigenvalue weighted by Crippen LogP contribution is 2.26. The number of primary amides is 1. The van der Waals surface area contributed by atoms with E-state index in [-0.39, 0.29) is 48.1 Å². The topological polar surface area (TPSA) is 381 Å². The average molecular weight is 1140 g/mol. The number of phenolic OH excluding ortho intramolecular Hbond substituents is 1. The minimum atomic E-state index is -1.54. The summed E-state index contributed by atoms with van der Waals surface area (Å²) in [5.41, 5.74) is 27.5. The summed E-state index contributed by atoms with van der Waals surface area (Å²) in [7, 11) is 1.99. The Labute approximate surface area is 468 Å². The third-order valence-electron chi connectivity index (χ3n) is 12.2. The molecule has 2 heterocycles. The predicted molar refractivity (Wildman–Crippen MR) is 307 cm³/mol. The van der Waals surface area contributed by atoms with Gasteiger partial charge in [-0.05, 0) is 93.5 Å². The SMILES string of the molecule is CC.CC(C)C1NC(=O)[C@H](CCCCN)NC(=O)[C@@H](Cc2c[nH]c3ccccc23)NC(=O)[C@H](Cc2ccc(O)c(Cl)c2)NC(=O)[C@H](NC(=O)CN)CSSC[C@H](C(=O)NC(C(N)=O)C(C)O)NC1=O.Cc1ccc(N)c(C)c1. The number of rotatable bonds is 15. The molecule has 4 aromatic rings. The van der Waals surface area contributed by atoms with Gasteiger partial charge in [-0.1, -0.05) is 103 Å². The van der Waals surface area contributed by atoms with Crippen molar-refractivity contribution in [2.75, 3.05) is 30.3 Å². The number of aliphatic hydroxyl groups excluding tert-OH is 1. The highest BCUT2D eigenvalue weighted by Gasteiger charge is 2.36. The molecule has 0 bridgehead atoms. The second kappa shape index (κ2) is 33.0. The number of aromatic hydroxyl groups is 1. The minimum Gasteiger partial charge on any atom is -0.506 e. The van der Waals surface area contributed by atoms with Crippen LogP contribution < -0.4 is 60.2 Å². The number of aliphatic hydroxyl groups is 1. The maximum absolute atomic E-state index is 14.6. The standard InChI is InChI=1S/C43H60ClN11O10S2.C8H11N.C2H6/c1-21(2)35-43(65)53-32(42(64)55-36(22(3)56)37(47)59)20-67-66-19-31(49-34(58)17-46)41(63)51-29(15-23-11-12-33(57)26(44)14-23)39(61)52-30(16-24-18-48-27-9-5-4-8-25(24)27)40(62)50-28(38(60)54-35)10-6-7-13-45;1-6-3-4-8(9)7(2)5-6;1-2/h4-5,8-9,11-12,14,18,21-22,28-32,35-36,48,56-57H,6-7,10,13,15-17,19-20,45-46H2,1-3H3,(H2,47,59)(H,49,58)(H,50,62)(H,51,63)(H,52,61)(H,53,65)(H,54,60)(H,55,64);3-5H,9H2,1-2H3;1-2H3/t22?,28-,29-,30+,31+,32+,35?,36?;;/m0../s1. The zero-order valence-corrected chi connectivity index (χ0v) is 47.5. The number of hydrogen-bond acceptors (Lipinski definition) is 15. The van der Waals surface area contributed by atoms with Gasteiger partial charge in [0.15, 0.2) is 0 Å². The molecule has 1 saturated heterocycles. The second-order valence-electron chi connectivity index (χ2n) is 18.7. The van der Waals surface area contributed by atoms with Gasteiger partial charge in [-0.25, -0.2) is 0 Å². The third-order valence-corrected chi connectivity index (χ3v) is 14.9. The van der Waals surface area contributed by atoms with Crippen molar-refractivity contribution in [2.45, 2.75) is 129 Å². The summed E-state index contributed by atoms with van der Waals surface area (Å²) < 4.78 is 0. The zero-order chi connectivity index (χ0) is 58.2. The van der Waals surface area contributed by atoms with Crippen molar-refractivity contribution >= 4 is 97.0 Å². The van der Waals surface area contributed by atoms with Crippen LogP contribution in [-0.2, 0) is 51.2 Å². The predicted octanol–water partition coefficient (Wildman–Crippen LogP) is 1.62. The number of nitrogen functional groups attached to an aromatic ring is 1. The molecule has 22 nitrogen and oxygen atoms in total. The van der Waals surface area contributed by atoms with Gasteiger partial charge in [0.05, 0.1) is 17.7 Å². The number of carbonyl (C=O) groups excluding carboxylic acids is 8. The number of unbranched alkanes of at least 4 members (excludes halogenated alkanes) is 1. The van der Waals surface area contributed by atoms with E-state index in [2.05, 4.69) is 55.2 Å². The Balaban J connectivity index is 0.00000130. The van der Waals surface area contributed by atoms with Crippen LogP contribution in [0.4, 0.5) is 5.69 Å². The number of para-hydroxylation sites is 1. The van der Waals surface area contributed by atoms with Gasteiger partial charge in [0.25, 0.3) is 0 Å². The van der Waals surface area contributed by atoms with E-state index in [4.69, 9.17) is 34.5 Å². The smallest absolute Gasteiger partial charge is 0.244 e. The quantitative estimate of drug-likeness (QED) is 0.0457. The maximum Gasteiger partial charge on any atom is 0.244 e. The molecule has 0 aliphatic carbocycles. The number of phenols is 1. The van der Waals surface area contributed by atoms with E-state index >= 15 is 0 Å². The van der Waals surface area contributed by atoms with E-state index in [9.17, 15) is 48.6 Å². The fraction of sp³-hybridized carbons (Fsp3) is 0.472. The number of hydrogen-bond donors (Lipinski definition) is 14. The van der Waals surface area contributed by atoms with E-state index < -0.39 is 108 Å². The number of anilines is 1. The molecule has 428 valence electrons. The first kappa shape index (κ1) is 65.7. The lowest BCUT2D eigenvalue weighted by Crippen LogP contribution is -2.62. The van der Waals surface area contributed by atoms with Gasteiger partial charge >= 0.3 is 0 Å². The lowest BCUT2D eigenvalue weighted by atomic mass is 10.00. The summed E-state index contributed by atoms with van der Waals surface area (Å²) in [5, 5.41) is 39.5. The number of H-pyrrole nitrogens is 1. The van der Waals surface area contributed by atoms with Crippen LogP contribution in [0.1, 0.15) is 76.1 Å². The summed E-state index contributed by atoms with van der Waals surface area (Å²) in [4.78, 5) is 113. The van der Waals surface area contributed by atoms with E-state index in [1.807, 2.05) is 51.1 Å². The number of nitrogens with one attached hydrogen (secondary N) is 8. The highest BCUT2D eigenvalue weighted by molar-refractivity contribution is 8.76. The van der Waals surface area contributed by atoms with Crippen LogP contribution in [0, 0.1) is 19.8 Å². The van der Waals surface area contributed by atoms with Crippen molar-refractivity contribution in [2.24, 2.45) is 23.1 Å². The molecule has 0 saturated carbocycles. The van der Waals surface area contributed by atoms with Gasteiger partial charge in [0.2, 0.25) is 47.3 Å². The molecule has 1 fully saturated rings. The number of amides is 8. The summed E-state index contributed by atoms with van der Waals surface area (Å²) >= 11 is 6.23. The lowest BCUT2D eigenvalue weighted by molar-refractivity contribution is -0.136. The molecule has 1 aliphatic rings. The summed E-state index contributed by atoms with van der Waals surface area (Å²) in [6.07, 6.45) is 0.878. The number of fused-ring (bicyclic) bond motifs is 1. The first-order valence-corrected chi connectivity index (χ1v) is 28.5. The Kier molecular flexibility index (Phi) is 27.8. The van der Waals surface area contributed by atoms with Crippen molar-refractivity contribution in [3.63, 3.8) is 0 Å². The lowest BCUT2D eigenvalue weighted by Gasteiger charge is -2.29. The highest BCUT2D eigenvalue weighted by atomic mass is 35.5. The third kappa shape index (κ3) is 20.7. The summed E-state index contributed by atoms with van der Waals surface area (Å²) in [6, 6.07) is 7.86. The van der Waals surface area contributed by atoms with Crippen LogP contribution in [0.2, 0.25) is 5.02 Å². The van der Waals surface area contributed by atoms with E-state index in [0.29, 0.717) is 24.0 Å². The number of nitrogens with two attached hydrogens (primary N) is 4. The molecule has 18 N–H and O–H groups in total. The summed E-state index contributed by atoms with van der Waals surface area (Å²) in [6.45, 7) is 12.4. The largest absolute Gasteiger partial charge is 0.506 e. The molecule has 0 spiro atoms. The number of aromatic nitrogens is 1. The van der Waals surface area contributed by atoms with E-state index in [1.54, 1.807) is 26.1 Å². The molecule has 25 heteroatoms. The van der Waals surface area contributed by atoms with Crippen LogP contribution >= 0.6 is 33.2 Å². The molecule has 3 aromatic carbocycles. The normalized spacial score (nSPS) is 20.6. The van der Waals surface area contributed by atoms with Crippen molar-refractivity contribution < 1.29 is 48.6 Å². The Morgan fingerprint density at radius 3 is 2.01 bits per heavy atom. The fourth-order valence-electron chi connectivity index (χ4n) is 7.84. The van der Waals surface area contributed by atoms with Crippen molar-refractivity contribution in [1.29, 1.82) is 0 Å². The summed E-state index contributed by atoms with van der Waals surface area (Å²) in [5.74, 6) is -7.90. The Morgan fingerprint density at radius 2 is 1.41 bits per heavy atom. The average Bonchev–Trinajstić information content (AvgIpc) is 3.82. The minimum absolute atomic E-state index is 0.0351. The molecular weight excluding hydrogens is 1060 g/mol. The van der Waals surface area contributed by atoms with Gasteiger partial charge in [0.1, 0.15) is 48.0 Å². The van der Waals surface area contributed by atoms with Gasteiger partial charge in [0, 0.05) is 47.1 Å². The maximum atomic E-state index is 14.6. The van der Waals surface area contributed by atoms with Crippen molar-refractivity contribution in [3.05, 3.63) is 94.1 Å². The molecule has 8 amide bonds. The van der Waals surface area contributed by atoms with Crippen LogP contribution in [0.3, 0.4) is 0 Å². The first-order valence-electron chi connectivity index (χ1n) is 25.6. The molecule has 0 radical (unpaired) electrons. The van der Waals surface area contributed by atoms with Crippen LogP contribution in [-0.4, -0.2) is 135 Å². The molecule has 1 aliphatic heterocycles. The van der Waals surface area contributed by atoms with Gasteiger partial charge in [-0.3, -0.25) is 38.4 Å². The molecule has 3 unspecified atom stereocenters. The number of aryl methyl sites for hydroxylation is 2. The first-order chi connectivity index (χ1) is 37.0. The zero-order valence-electron chi connectivity index (χ0n) is 45.1. The Morgan fingerprint density at radius 1 is 0.782 bits per heavy atom. The Bertz CT molecular complexity index is 2680. The molecule has 5 rings (SSSR count). The van der Waals surface area contributed by atoms with Crippen LogP contribution in [0.5, 0.6) is 5.75 Å². The second-order valence-corrected chi connectivity index (χ2v) is 21.7. The van der Waals surface area contributed by atoms with Crippen molar-refractivity contribution in [1.82, 2.24) is 42.2 Å². The van der Waals surface area contributed by atoms with Crippen molar-refractivity contribution in [3.8, 4) is 5.75 Å². The molecule has 78 heavy (non-hydrogen) atoms. The van der Waals surface area contributed by atoms with Crippen LogP contribution in [0.25, 0.3) is 10.9 Å². The number of benzene rings is 3. The van der Waals surface area contributed by atoms with E-state index in [1.165, 1.54) is 30.7 Å². The number of halogens is 1.